The summed E-state index contributed by atoms with van der Waals surface area (Å²) in [5, 5.41) is 3.13. The first-order chi connectivity index (χ1) is 11.1. The Balaban J connectivity index is 1.97. The van der Waals surface area contributed by atoms with Crippen LogP contribution in [0.4, 0.5) is 5.69 Å². The molecular weight excluding hydrogens is 316 g/mol. The van der Waals surface area contributed by atoms with Crippen LogP contribution in [-0.2, 0) is 4.74 Å². The summed E-state index contributed by atoms with van der Waals surface area (Å²) in [6.07, 6.45) is 3.27. The molecule has 1 heterocycles. The zero-order valence-corrected chi connectivity index (χ0v) is 13.5. The molecule has 0 unspecified atom stereocenters. The quantitative estimate of drug-likeness (QED) is 0.642. The van der Waals surface area contributed by atoms with Crippen molar-refractivity contribution >= 4 is 29.2 Å². The second-order valence-electron chi connectivity index (χ2n) is 4.88. The third-order valence-corrected chi connectivity index (χ3v) is 3.30. The molecule has 0 aliphatic carbocycles. The van der Waals surface area contributed by atoms with E-state index in [1.165, 1.54) is 12.3 Å². The standard InChI is InChI=1S/C17H17ClN2O3/c1-2-3-10-23-17(22)12-4-6-14(7-5-12)20-16(21)15-11-13(18)8-9-19-15/h4-9,11H,2-3,10H2,1H3,(H,20,21). The predicted octanol–water partition coefficient (Wildman–Crippen LogP) is 3.94. The molecule has 2 aromatic rings. The van der Waals surface area contributed by atoms with Crippen molar-refractivity contribution in [3.8, 4) is 0 Å². The molecule has 1 amide bonds. The number of ether oxygens (including phenoxy) is 1. The molecular formula is C17H17ClN2O3. The monoisotopic (exact) mass is 332 g/mol. The molecule has 0 radical (unpaired) electrons. The van der Waals surface area contributed by atoms with Crippen molar-refractivity contribution in [3.63, 3.8) is 0 Å². The fourth-order valence-corrected chi connectivity index (χ4v) is 1.97. The number of halogens is 1. The third-order valence-electron chi connectivity index (χ3n) is 3.06. The maximum absolute atomic E-state index is 12.0. The van der Waals surface area contributed by atoms with E-state index < -0.39 is 0 Å². The largest absolute Gasteiger partial charge is 0.462 e. The molecule has 0 saturated carbocycles. The summed E-state index contributed by atoms with van der Waals surface area (Å²) in [7, 11) is 0. The van der Waals surface area contributed by atoms with Crippen LogP contribution in [0, 0.1) is 0 Å². The van der Waals surface area contributed by atoms with Gasteiger partial charge in [-0.25, -0.2) is 4.79 Å². The van der Waals surface area contributed by atoms with Crippen LogP contribution in [0.1, 0.15) is 40.6 Å². The van der Waals surface area contributed by atoms with Gasteiger partial charge in [-0.2, -0.15) is 0 Å². The van der Waals surface area contributed by atoms with Crippen LogP contribution in [0.25, 0.3) is 0 Å². The number of hydrogen-bond acceptors (Lipinski definition) is 4. The first-order valence-corrected chi connectivity index (χ1v) is 7.68. The topological polar surface area (TPSA) is 68.3 Å². The van der Waals surface area contributed by atoms with Gasteiger partial charge in [-0.05, 0) is 42.8 Å². The van der Waals surface area contributed by atoms with Crippen LogP contribution in [0.2, 0.25) is 5.02 Å². The number of hydrogen-bond donors (Lipinski definition) is 1. The molecule has 0 atom stereocenters. The lowest BCUT2D eigenvalue weighted by Crippen LogP contribution is -2.13. The molecule has 120 valence electrons. The Bertz CT molecular complexity index is 686. The number of amides is 1. The summed E-state index contributed by atoms with van der Waals surface area (Å²) in [6.45, 7) is 2.44. The van der Waals surface area contributed by atoms with Gasteiger partial charge in [0.15, 0.2) is 0 Å². The van der Waals surface area contributed by atoms with Gasteiger partial charge in [0, 0.05) is 16.9 Å². The molecule has 1 aromatic heterocycles. The third kappa shape index (κ3) is 5.07. The van der Waals surface area contributed by atoms with E-state index in [2.05, 4.69) is 10.3 Å². The van der Waals surface area contributed by atoms with E-state index in [1.54, 1.807) is 30.3 Å². The molecule has 0 bridgehead atoms. The van der Waals surface area contributed by atoms with Crippen LogP contribution in [-0.4, -0.2) is 23.5 Å². The number of aromatic nitrogens is 1. The summed E-state index contributed by atoms with van der Waals surface area (Å²) in [4.78, 5) is 27.8. The number of carbonyl (C=O) groups is 2. The Morgan fingerprint density at radius 3 is 2.61 bits per heavy atom. The van der Waals surface area contributed by atoms with Crippen LogP contribution < -0.4 is 5.32 Å². The fourth-order valence-electron chi connectivity index (χ4n) is 1.81. The summed E-state index contributed by atoms with van der Waals surface area (Å²) >= 11 is 5.83. The Kier molecular flexibility index (Phi) is 6.11. The van der Waals surface area contributed by atoms with Crippen molar-refractivity contribution in [1.82, 2.24) is 4.98 Å². The zero-order chi connectivity index (χ0) is 16.7. The molecule has 1 N–H and O–H groups in total. The van der Waals surface area contributed by atoms with Crippen molar-refractivity contribution in [3.05, 3.63) is 58.9 Å². The molecule has 0 spiro atoms. The smallest absolute Gasteiger partial charge is 0.338 e. The number of esters is 1. The van der Waals surface area contributed by atoms with Crippen molar-refractivity contribution in [2.75, 3.05) is 11.9 Å². The zero-order valence-electron chi connectivity index (χ0n) is 12.7. The number of rotatable bonds is 6. The molecule has 23 heavy (non-hydrogen) atoms. The molecule has 2 rings (SSSR count). The normalized spacial score (nSPS) is 10.2. The average Bonchev–Trinajstić information content (AvgIpc) is 2.55. The van der Waals surface area contributed by atoms with Crippen molar-refractivity contribution in [1.29, 1.82) is 0 Å². The Hall–Kier alpha value is -2.40. The fraction of sp³-hybridized carbons (Fsp3) is 0.235. The average molecular weight is 333 g/mol. The van der Waals surface area contributed by atoms with Crippen LogP contribution in [0.5, 0.6) is 0 Å². The van der Waals surface area contributed by atoms with Crippen LogP contribution in [0.3, 0.4) is 0 Å². The van der Waals surface area contributed by atoms with Gasteiger partial charge in [0.2, 0.25) is 0 Å². The number of anilines is 1. The number of nitrogens with zero attached hydrogens (tertiary/aromatic N) is 1. The van der Waals surface area contributed by atoms with E-state index >= 15 is 0 Å². The van der Waals surface area contributed by atoms with Gasteiger partial charge in [-0.3, -0.25) is 9.78 Å². The highest BCUT2D eigenvalue weighted by Gasteiger charge is 2.10. The maximum Gasteiger partial charge on any atom is 0.338 e. The minimum absolute atomic E-state index is 0.223. The highest BCUT2D eigenvalue weighted by molar-refractivity contribution is 6.30. The first kappa shape index (κ1) is 17.0. The minimum atomic E-state index is -0.370. The first-order valence-electron chi connectivity index (χ1n) is 7.30. The Morgan fingerprint density at radius 1 is 1.22 bits per heavy atom. The van der Waals surface area contributed by atoms with E-state index in [1.807, 2.05) is 6.92 Å². The Morgan fingerprint density at radius 2 is 1.96 bits per heavy atom. The highest BCUT2D eigenvalue weighted by atomic mass is 35.5. The number of nitrogens with one attached hydrogen (secondary N) is 1. The van der Waals surface area contributed by atoms with Crippen LogP contribution in [0.15, 0.2) is 42.6 Å². The number of unbranched alkanes of at least 4 members (excludes halogenated alkanes) is 1. The van der Waals surface area contributed by atoms with Gasteiger partial charge >= 0.3 is 5.97 Å². The number of carbonyl (C=O) groups excluding carboxylic acids is 2. The molecule has 0 aliphatic rings. The minimum Gasteiger partial charge on any atom is -0.462 e. The molecule has 0 aliphatic heterocycles. The maximum atomic E-state index is 12.0. The van der Waals surface area contributed by atoms with Gasteiger partial charge < -0.3 is 10.1 Å². The van der Waals surface area contributed by atoms with Gasteiger partial charge in [0.05, 0.1) is 12.2 Å². The highest BCUT2D eigenvalue weighted by Crippen LogP contribution is 2.13. The summed E-state index contributed by atoms with van der Waals surface area (Å²) in [5.41, 5.74) is 1.22. The Labute approximate surface area is 139 Å². The van der Waals surface area contributed by atoms with E-state index in [4.69, 9.17) is 16.3 Å². The van der Waals surface area contributed by atoms with Crippen molar-refractivity contribution in [2.45, 2.75) is 19.8 Å². The summed E-state index contributed by atoms with van der Waals surface area (Å²) in [5.74, 6) is -0.737. The van der Waals surface area contributed by atoms with Gasteiger partial charge in [-0.15, -0.1) is 0 Å². The van der Waals surface area contributed by atoms with Gasteiger partial charge in [0.1, 0.15) is 5.69 Å². The van der Waals surface area contributed by atoms with Gasteiger partial charge in [0.25, 0.3) is 5.91 Å². The summed E-state index contributed by atoms with van der Waals surface area (Å²) < 4.78 is 5.12. The number of benzene rings is 1. The van der Waals surface area contributed by atoms with E-state index in [0.29, 0.717) is 22.9 Å². The lowest BCUT2D eigenvalue weighted by atomic mass is 10.2. The second-order valence-corrected chi connectivity index (χ2v) is 5.32. The predicted molar refractivity (Wildman–Crippen MR) is 88.8 cm³/mol. The van der Waals surface area contributed by atoms with Crippen molar-refractivity contribution in [2.24, 2.45) is 0 Å². The van der Waals surface area contributed by atoms with Crippen LogP contribution >= 0.6 is 11.6 Å². The van der Waals surface area contributed by atoms with Gasteiger partial charge in [-0.1, -0.05) is 24.9 Å². The molecule has 6 heteroatoms. The van der Waals surface area contributed by atoms with Crippen molar-refractivity contribution < 1.29 is 14.3 Å². The summed E-state index contributed by atoms with van der Waals surface area (Å²) in [6, 6.07) is 9.57. The number of pyridine rings is 1. The SMILES string of the molecule is CCCCOC(=O)c1ccc(NC(=O)c2cc(Cl)ccn2)cc1. The van der Waals surface area contributed by atoms with E-state index in [0.717, 1.165) is 12.8 Å². The lowest BCUT2D eigenvalue weighted by molar-refractivity contribution is 0.0499. The second kappa shape index (κ2) is 8.29. The molecule has 0 saturated heterocycles. The molecule has 5 nitrogen and oxygen atoms in total. The molecule has 1 aromatic carbocycles. The van der Waals surface area contributed by atoms with E-state index in [9.17, 15) is 9.59 Å². The lowest BCUT2D eigenvalue weighted by Gasteiger charge is -2.07. The van der Waals surface area contributed by atoms with E-state index in [-0.39, 0.29) is 17.6 Å². The molecule has 0 fully saturated rings.